The summed E-state index contributed by atoms with van der Waals surface area (Å²) in [5.74, 6) is -0.750. The lowest BCUT2D eigenvalue weighted by atomic mass is 10.1. The van der Waals surface area contributed by atoms with Crippen LogP contribution in [0.4, 0.5) is 5.13 Å². The van der Waals surface area contributed by atoms with E-state index >= 15 is 0 Å². The van der Waals surface area contributed by atoms with Gasteiger partial charge in [-0.1, -0.05) is 18.6 Å². The van der Waals surface area contributed by atoms with Gasteiger partial charge in [-0.15, -0.1) is 11.3 Å². The Bertz CT molecular complexity index is 1120. The topological polar surface area (TPSA) is 97.6 Å². The number of amides is 2. The van der Waals surface area contributed by atoms with Crippen LogP contribution >= 0.6 is 11.3 Å². The first-order valence-electron chi connectivity index (χ1n) is 11.6. The summed E-state index contributed by atoms with van der Waals surface area (Å²) >= 11 is 1.30. The molecule has 0 aromatic carbocycles. The first kappa shape index (κ1) is 28.2. The van der Waals surface area contributed by atoms with Gasteiger partial charge < -0.3 is 19.9 Å². The number of aromatic nitrogens is 2. The van der Waals surface area contributed by atoms with Crippen molar-refractivity contribution < 1.29 is 14.3 Å². The van der Waals surface area contributed by atoms with Crippen LogP contribution in [-0.2, 0) is 15.1 Å². The van der Waals surface area contributed by atoms with Crippen LogP contribution in [0.3, 0.4) is 0 Å². The molecule has 0 radical (unpaired) electrons. The number of nitrogens with zero attached hydrogens (tertiary/aromatic N) is 3. The minimum Gasteiger partial charge on any atom is -0.382 e. The van der Waals surface area contributed by atoms with Crippen LogP contribution in [0, 0.1) is 0 Å². The van der Waals surface area contributed by atoms with Crippen molar-refractivity contribution in [3.8, 4) is 0 Å². The van der Waals surface area contributed by atoms with Crippen molar-refractivity contribution in [1.29, 1.82) is 0 Å². The Kier molecular flexibility index (Phi) is 10.2. The normalized spacial score (nSPS) is 14.1. The van der Waals surface area contributed by atoms with Crippen molar-refractivity contribution in [3.05, 3.63) is 58.5 Å². The van der Waals surface area contributed by atoms with E-state index in [2.05, 4.69) is 29.5 Å². The van der Waals surface area contributed by atoms with Gasteiger partial charge in [0.25, 0.3) is 11.8 Å². The number of aliphatic imine (C=N–C) groups is 1. The van der Waals surface area contributed by atoms with Crippen molar-refractivity contribution in [3.63, 3.8) is 0 Å². The molecular formula is C26H37N5O3S. The Morgan fingerprint density at radius 3 is 2.60 bits per heavy atom. The van der Waals surface area contributed by atoms with Gasteiger partial charge >= 0.3 is 0 Å². The van der Waals surface area contributed by atoms with Crippen LogP contribution in [0.15, 0.2) is 52.3 Å². The van der Waals surface area contributed by atoms with Crippen LogP contribution in [0.1, 0.15) is 70.9 Å². The zero-order chi connectivity index (χ0) is 26.2. The third kappa shape index (κ3) is 8.00. The van der Waals surface area contributed by atoms with E-state index in [4.69, 9.17) is 9.73 Å². The van der Waals surface area contributed by atoms with Crippen molar-refractivity contribution in [2.24, 2.45) is 4.99 Å². The van der Waals surface area contributed by atoms with Gasteiger partial charge in [0.15, 0.2) is 5.13 Å². The molecule has 0 aliphatic carbocycles. The van der Waals surface area contributed by atoms with E-state index in [0.29, 0.717) is 16.4 Å². The van der Waals surface area contributed by atoms with E-state index in [1.54, 1.807) is 12.3 Å². The van der Waals surface area contributed by atoms with Gasteiger partial charge in [0, 0.05) is 36.1 Å². The predicted molar refractivity (Wildman–Crippen MR) is 143 cm³/mol. The van der Waals surface area contributed by atoms with Gasteiger partial charge in [0.2, 0.25) is 0 Å². The van der Waals surface area contributed by atoms with Gasteiger partial charge in [-0.3, -0.25) is 14.6 Å². The lowest BCUT2D eigenvalue weighted by Gasteiger charge is -2.21. The Morgan fingerprint density at radius 1 is 1.31 bits per heavy atom. The number of hydrogen-bond acceptors (Lipinski definition) is 6. The van der Waals surface area contributed by atoms with Crippen molar-refractivity contribution in [1.82, 2.24) is 14.9 Å². The molecule has 1 atom stereocenters. The van der Waals surface area contributed by atoms with E-state index in [1.807, 2.05) is 62.9 Å². The number of ether oxygens (including phenoxy) is 1. The fourth-order valence-electron chi connectivity index (χ4n) is 3.05. The van der Waals surface area contributed by atoms with Crippen LogP contribution < -0.4 is 10.6 Å². The number of carbonyl (C=O) groups excluding carboxylic acids is 2. The number of allylic oxidation sites excluding steroid dienone is 4. The number of nitrogens with one attached hydrogen (secondary N) is 2. The molecule has 2 aromatic heterocycles. The molecular weight excluding hydrogens is 462 g/mol. The SMILES string of the molecule is C/C=C\C(=NC(C)=C(C)CC)c1csc(NC(=O)C(COC)NC(=O)c2ccn(C(C)(C)C)c2)n1. The molecule has 0 aliphatic heterocycles. The van der Waals surface area contributed by atoms with Gasteiger partial charge in [-0.2, -0.15) is 0 Å². The number of hydrogen-bond donors (Lipinski definition) is 2. The maximum atomic E-state index is 12.9. The van der Waals surface area contributed by atoms with E-state index in [-0.39, 0.29) is 18.1 Å². The maximum absolute atomic E-state index is 12.9. The molecule has 9 heteroatoms. The fourth-order valence-corrected chi connectivity index (χ4v) is 3.76. The zero-order valence-electron chi connectivity index (χ0n) is 21.9. The molecule has 2 aromatic rings. The highest BCUT2D eigenvalue weighted by Gasteiger charge is 2.24. The predicted octanol–water partition coefficient (Wildman–Crippen LogP) is 5.15. The smallest absolute Gasteiger partial charge is 0.253 e. The molecule has 0 aliphatic rings. The first-order chi connectivity index (χ1) is 16.5. The summed E-state index contributed by atoms with van der Waals surface area (Å²) in [6, 6.07) is 0.854. The summed E-state index contributed by atoms with van der Waals surface area (Å²) in [4.78, 5) is 35.0. The van der Waals surface area contributed by atoms with E-state index in [9.17, 15) is 9.59 Å². The minimum atomic E-state index is -0.876. The summed E-state index contributed by atoms with van der Waals surface area (Å²) in [5, 5.41) is 7.83. The monoisotopic (exact) mass is 499 g/mol. The molecule has 0 spiro atoms. The van der Waals surface area contributed by atoms with E-state index in [1.165, 1.54) is 24.0 Å². The summed E-state index contributed by atoms with van der Waals surface area (Å²) < 4.78 is 7.13. The summed E-state index contributed by atoms with van der Waals surface area (Å²) in [6.07, 6.45) is 8.33. The second kappa shape index (κ2) is 12.6. The third-order valence-corrected chi connectivity index (χ3v) is 6.20. The van der Waals surface area contributed by atoms with Gasteiger partial charge in [-0.25, -0.2) is 4.98 Å². The van der Waals surface area contributed by atoms with Crippen LogP contribution in [0.5, 0.6) is 0 Å². The molecule has 0 saturated carbocycles. The highest BCUT2D eigenvalue weighted by atomic mass is 32.1. The molecule has 2 rings (SSSR count). The summed E-state index contributed by atoms with van der Waals surface area (Å²) in [7, 11) is 1.48. The molecule has 2 heterocycles. The Morgan fingerprint density at radius 2 is 2.03 bits per heavy atom. The average Bonchev–Trinajstić information content (AvgIpc) is 3.48. The first-order valence-corrected chi connectivity index (χ1v) is 12.5. The quantitative estimate of drug-likeness (QED) is 0.442. The maximum Gasteiger partial charge on any atom is 0.253 e. The molecule has 2 amide bonds. The highest BCUT2D eigenvalue weighted by molar-refractivity contribution is 7.14. The van der Waals surface area contributed by atoms with Crippen LogP contribution in [0.2, 0.25) is 0 Å². The van der Waals surface area contributed by atoms with Crippen molar-refractivity contribution >= 4 is 34.0 Å². The molecule has 2 N–H and O–H groups in total. The number of rotatable bonds is 10. The average molecular weight is 500 g/mol. The van der Waals surface area contributed by atoms with Gasteiger partial charge in [-0.05, 0) is 60.1 Å². The van der Waals surface area contributed by atoms with Crippen LogP contribution in [0.25, 0.3) is 0 Å². The number of carbonyl (C=O) groups is 2. The number of anilines is 1. The van der Waals surface area contributed by atoms with Crippen LogP contribution in [-0.4, -0.2) is 46.8 Å². The Balaban J connectivity index is 2.16. The van der Waals surface area contributed by atoms with E-state index < -0.39 is 11.9 Å². The molecule has 190 valence electrons. The minimum absolute atomic E-state index is 0.0291. The lowest BCUT2D eigenvalue weighted by molar-refractivity contribution is -0.119. The Hall–Kier alpha value is -3.04. The van der Waals surface area contributed by atoms with Gasteiger partial charge in [0.05, 0.1) is 17.9 Å². The summed E-state index contributed by atoms with van der Waals surface area (Å²) in [5.41, 5.74) is 3.86. The molecule has 8 nitrogen and oxygen atoms in total. The molecule has 35 heavy (non-hydrogen) atoms. The number of methoxy groups -OCH3 is 1. The molecule has 0 bridgehead atoms. The molecule has 1 unspecified atom stereocenters. The Labute approximate surface area is 212 Å². The largest absolute Gasteiger partial charge is 0.382 e. The van der Waals surface area contributed by atoms with Crippen molar-refractivity contribution in [2.45, 2.75) is 66.5 Å². The number of thiazole rings is 1. The van der Waals surface area contributed by atoms with E-state index in [0.717, 1.165) is 17.8 Å². The third-order valence-electron chi connectivity index (χ3n) is 5.44. The van der Waals surface area contributed by atoms with Gasteiger partial charge in [0.1, 0.15) is 11.7 Å². The zero-order valence-corrected chi connectivity index (χ0v) is 22.7. The molecule has 0 saturated heterocycles. The highest BCUT2D eigenvalue weighted by Crippen LogP contribution is 2.19. The van der Waals surface area contributed by atoms with Crippen molar-refractivity contribution in [2.75, 3.05) is 19.0 Å². The second-order valence-electron chi connectivity index (χ2n) is 9.20. The fraction of sp³-hybridized carbons (Fsp3) is 0.462. The summed E-state index contributed by atoms with van der Waals surface area (Å²) in [6.45, 7) is 14.2. The molecule has 0 fully saturated rings. The lowest BCUT2D eigenvalue weighted by Crippen LogP contribution is -2.46. The standard InChI is InChI=1S/C26H37N5O3S/c1-9-11-20(27-18(4)17(3)10-2)22-16-35-25(29-22)30-24(33)21(15-34-8)28-23(32)19-12-13-31(14-19)26(5,6)7/h9,11-14,16,21H,10,15H2,1-8H3,(H,28,32)(H,29,30,33)/b11-9-,18-17?,27-20?. The second-order valence-corrected chi connectivity index (χ2v) is 10.1.